The van der Waals surface area contributed by atoms with E-state index in [-0.39, 0.29) is 5.91 Å². The van der Waals surface area contributed by atoms with Gasteiger partial charge in [0.2, 0.25) is 0 Å². The Hall–Kier alpha value is -2.47. The molecule has 1 atom stereocenters. The molecule has 2 fully saturated rings. The molecule has 2 aromatic rings. The highest BCUT2D eigenvalue weighted by Crippen LogP contribution is 2.33. The van der Waals surface area contributed by atoms with Crippen LogP contribution >= 0.6 is 0 Å². The number of hydrogen-bond acceptors (Lipinski definition) is 5. The molecule has 0 radical (unpaired) electrons. The minimum Gasteiger partial charge on any atom is -0.494 e. The van der Waals surface area contributed by atoms with Crippen LogP contribution in [0.4, 0.5) is 0 Å². The number of ether oxygens (including phenoxy) is 1. The van der Waals surface area contributed by atoms with Crippen molar-refractivity contribution in [2.24, 2.45) is 0 Å². The predicted octanol–water partition coefficient (Wildman–Crippen LogP) is 4.29. The van der Waals surface area contributed by atoms with Crippen LogP contribution in [0, 0.1) is 6.92 Å². The first-order valence-corrected chi connectivity index (χ1v) is 12.7. The van der Waals surface area contributed by atoms with Crippen molar-refractivity contribution in [1.29, 1.82) is 0 Å². The second-order valence-corrected chi connectivity index (χ2v) is 9.82. The van der Waals surface area contributed by atoms with Gasteiger partial charge in [0.1, 0.15) is 11.6 Å². The summed E-state index contributed by atoms with van der Waals surface area (Å²) in [5, 5.41) is 0. The van der Waals surface area contributed by atoms with Gasteiger partial charge in [-0.3, -0.25) is 9.69 Å². The van der Waals surface area contributed by atoms with Gasteiger partial charge in [0.05, 0.1) is 17.9 Å². The van der Waals surface area contributed by atoms with Gasteiger partial charge < -0.3 is 9.64 Å². The fraction of sp³-hybridized carbons (Fsp3) is 0.593. The van der Waals surface area contributed by atoms with E-state index in [0.717, 1.165) is 75.7 Å². The molecule has 2 saturated heterocycles. The zero-order valence-corrected chi connectivity index (χ0v) is 20.1. The molecule has 6 nitrogen and oxygen atoms in total. The fourth-order valence-corrected chi connectivity index (χ4v) is 5.70. The molecule has 0 N–H and O–H groups in total. The van der Waals surface area contributed by atoms with Crippen molar-refractivity contribution in [2.45, 2.75) is 71.3 Å². The third kappa shape index (κ3) is 4.77. The van der Waals surface area contributed by atoms with Crippen molar-refractivity contribution < 1.29 is 9.53 Å². The summed E-state index contributed by atoms with van der Waals surface area (Å²) >= 11 is 0. The maximum Gasteiger partial charge on any atom is 0.257 e. The number of nitrogens with zero attached hydrogens (tertiary/aromatic N) is 4. The largest absolute Gasteiger partial charge is 0.494 e. The highest BCUT2D eigenvalue weighted by Gasteiger charge is 2.27. The molecule has 2 aliphatic heterocycles. The molecule has 1 aliphatic carbocycles. The van der Waals surface area contributed by atoms with Gasteiger partial charge in [0, 0.05) is 43.9 Å². The van der Waals surface area contributed by atoms with E-state index in [9.17, 15) is 4.79 Å². The van der Waals surface area contributed by atoms with Gasteiger partial charge in [-0.15, -0.1) is 0 Å². The molecular weight excluding hydrogens is 412 g/mol. The number of fused-ring (bicyclic) bond motifs is 1. The Labute approximate surface area is 197 Å². The number of amides is 1. The first kappa shape index (κ1) is 22.3. The molecular formula is C27H36N4O2. The molecule has 1 unspecified atom stereocenters. The standard InChI is InChI=1S/C27H36N4O2/c1-3-33-25-15-21-9-6-8-20(21)14-23(25)18-30-11-7-10-22(17-30)26-28-16-24(19(2)29-26)27(32)31-12-4-5-13-31/h14-16,22H,3-13,17-18H2,1-2H3. The van der Waals surface area contributed by atoms with Crippen molar-refractivity contribution in [1.82, 2.24) is 19.8 Å². The Balaban J connectivity index is 1.29. The maximum absolute atomic E-state index is 12.8. The van der Waals surface area contributed by atoms with Gasteiger partial charge in [-0.25, -0.2) is 9.97 Å². The van der Waals surface area contributed by atoms with Crippen LogP contribution in [0.5, 0.6) is 5.75 Å². The summed E-state index contributed by atoms with van der Waals surface area (Å²) in [5.74, 6) is 2.33. The van der Waals surface area contributed by atoms with E-state index in [4.69, 9.17) is 9.72 Å². The van der Waals surface area contributed by atoms with Gasteiger partial charge in [-0.1, -0.05) is 6.07 Å². The van der Waals surface area contributed by atoms with E-state index < -0.39 is 0 Å². The molecule has 0 bridgehead atoms. The Morgan fingerprint density at radius 3 is 2.64 bits per heavy atom. The number of aromatic nitrogens is 2. The second-order valence-electron chi connectivity index (χ2n) is 9.82. The number of piperidine rings is 1. The van der Waals surface area contributed by atoms with Gasteiger partial charge in [0.25, 0.3) is 5.91 Å². The summed E-state index contributed by atoms with van der Waals surface area (Å²) in [7, 11) is 0. The Kier molecular flexibility index (Phi) is 6.63. The lowest BCUT2D eigenvalue weighted by molar-refractivity contribution is 0.0791. The van der Waals surface area contributed by atoms with Crippen LogP contribution in [0.3, 0.4) is 0 Å². The lowest BCUT2D eigenvalue weighted by atomic mass is 9.96. The number of benzene rings is 1. The van der Waals surface area contributed by atoms with Gasteiger partial charge >= 0.3 is 0 Å². The Bertz CT molecular complexity index is 1020. The summed E-state index contributed by atoms with van der Waals surface area (Å²) in [6.45, 7) is 9.35. The topological polar surface area (TPSA) is 58.6 Å². The van der Waals surface area contributed by atoms with E-state index >= 15 is 0 Å². The van der Waals surface area contributed by atoms with Crippen molar-refractivity contribution >= 4 is 5.91 Å². The molecule has 3 heterocycles. The molecule has 3 aliphatic rings. The lowest BCUT2D eigenvalue weighted by Crippen LogP contribution is -2.35. The van der Waals surface area contributed by atoms with E-state index in [1.54, 1.807) is 6.20 Å². The molecule has 0 saturated carbocycles. The van der Waals surface area contributed by atoms with Crippen LogP contribution in [0.1, 0.15) is 83.5 Å². The van der Waals surface area contributed by atoms with Gasteiger partial charge in [-0.05, 0) is 82.5 Å². The second kappa shape index (κ2) is 9.80. The van der Waals surface area contributed by atoms with E-state index in [1.807, 2.05) is 11.8 Å². The third-order valence-corrected chi connectivity index (χ3v) is 7.46. The van der Waals surface area contributed by atoms with E-state index in [2.05, 4.69) is 28.9 Å². The molecule has 6 heteroatoms. The van der Waals surface area contributed by atoms with Crippen molar-refractivity contribution in [2.75, 3.05) is 32.8 Å². The molecule has 1 aromatic carbocycles. The zero-order chi connectivity index (χ0) is 22.8. The maximum atomic E-state index is 12.8. The van der Waals surface area contributed by atoms with Crippen molar-refractivity contribution in [3.8, 4) is 5.75 Å². The van der Waals surface area contributed by atoms with E-state index in [1.165, 1.54) is 36.0 Å². The number of carbonyl (C=O) groups is 1. The van der Waals surface area contributed by atoms with Crippen LogP contribution in [-0.4, -0.2) is 58.5 Å². The predicted molar refractivity (Wildman–Crippen MR) is 129 cm³/mol. The first-order valence-electron chi connectivity index (χ1n) is 12.7. The smallest absolute Gasteiger partial charge is 0.257 e. The molecule has 176 valence electrons. The minimum absolute atomic E-state index is 0.0851. The fourth-order valence-electron chi connectivity index (χ4n) is 5.70. The minimum atomic E-state index is 0.0851. The third-order valence-electron chi connectivity index (χ3n) is 7.46. The number of likely N-dealkylation sites (tertiary alicyclic amines) is 2. The van der Waals surface area contributed by atoms with Gasteiger partial charge in [-0.2, -0.15) is 0 Å². The average Bonchev–Trinajstić information content (AvgIpc) is 3.51. The number of hydrogen-bond donors (Lipinski definition) is 0. The zero-order valence-electron chi connectivity index (χ0n) is 20.1. The van der Waals surface area contributed by atoms with Crippen LogP contribution < -0.4 is 4.74 Å². The quantitative estimate of drug-likeness (QED) is 0.660. The number of aryl methyl sites for hydroxylation is 3. The molecule has 1 aromatic heterocycles. The van der Waals surface area contributed by atoms with Crippen LogP contribution in [0.15, 0.2) is 18.3 Å². The number of rotatable bonds is 6. The highest BCUT2D eigenvalue weighted by molar-refractivity contribution is 5.95. The Morgan fingerprint density at radius 2 is 1.88 bits per heavy atom. The molecule has 0 spiro atoms. The lowest BCUT2D eigenvalue weighted by Gasteiger charge is -2.32. The first-order chi connectivity index (χ1) is 16.1. The highest BCUT2D eigenvalue weighted by atomic mass is 16.5. The Morgan fingerprint density at radius 1 is 1.09 bits per heavy atom. The average molecular weight is 449 g/mol. The normalized spacial score (nSPS) is 20.8. The van der Waals surface area contributed by atoms with Crippen LogP contribution in [-0.2, 0) is 19.4 Å². The van der Waals surface area contributed by atoms with E-state index in [0.29, 0.717) is 18.1 Å². The molecule has 1 amide bonds. The van der Waals surface area contributed by atoms with Crippen molar-refractivity contribution in [3.05, 3.63) is 52.1 Å². The molecule has 33 heavy (non-hydrogen) atoms. The summed E-state index contributed by atoms with van der Waals surface area (Å²) in [4.78, 5) is 26.8. The van der Waals surface area contributed by atoms with Crippen molar-refractivity contribution in [3.63, 3.8) is 0 Å². The molecule has 5 rings (SSSR count). The van der Waals surface area contributed by atoms with Gasteiger partial charge in [0.15, 0.2) is 0 Å². The van der Waals surface area contributed by atoms with Crippen LogP contribution in [0.25, 0.3) is 0 Å². The summed E-state index contributed by atoms with van der Waals surface area (Å²) in [6.07, 6.45) is 9.80. The summed E-state index contributed by atoms with van der Waals surface area (Å²) < 4.78 is 6.02. The SMILES string of the molecule is CCOc1cc2c(cc1CN1CCCC(c3ncc(C(=O)N4CCCC4)c(C)n3)C1)CCC2. The number of carbonyl (C=O) groups excluding carboxylic acids is 1. The summed E-state index contributed by atoms with van der Waals surface area (Å²) in [5.41, 5.74) is 5.74. The van der Waals surface area contributed by atoms with Crippen LogP contribution in [0.2, 0.25) is 0 Å². The monoisotopic (exact) mass is 448 g/mol. The summed E-state index contributed by atoms with van der Waals surface area (Å²) in [6, 6.07) is 4.67.